The van der Waals surface area contributed by atoms with Crippen LogP contribution in [0.4, 0.5) is 22.0 Å². The summed E-state index contributed by atoms with van der Waals surface area (Å²) in [6.07, 6.45) is -6.22. The molecule has 3 aromatic heterocycles. The van der Waals surface area contributed by atoms with Crippen molar-refractivity contribution in [3.05, 3.63) is 46.9 Å². The van der Waals surface area contributed by atoms with Crippen molar-refractivity contribution in [2.24, 2.45) is 0 Å². The Bertz CT molecular complexity index is 1170. The molecule has 5 nitrogen and oxygen atoms in total. The van der Waals surface area contributed by atoms with Crippen LogP contribution in [-0.2, 0) is 6.18 Å². The third-order valence-electron chi connectivity index (χ3n) is 4.32. The zero-order valence-electron chi connectivity index (χ0n) is 14.1. The third-order valence-corrected chi connectivity index (χ3v) is 4.32. The van der Waals surface area contributed by atoms with E-state index in [4.69, 9.17) is 0 Å². The highest BCUT2D eigenvalue weighted by Crippen LogP contribution is 2.39. The fraction of sp³-hybridized carbons (Fsp3) is 0.235. The normalized spacial score (nSPS) is 12.6. The van der Waals surface area contributed by atoms with E-state index in [-0.39, 0.29) is 22.5 Å². The third kappa shape index (κ3) is 2.71. The Morgan fingerprint density at radius 1 is 1.07 bits per heavy atom. The number of fused-ring (bicyclic) bond motifs is 2. The second-order valence-corrected chi connectivity index (χ2v) is 6.22. The summed E-state index contributed by atoms with van der Waals surface area (Å²) >= 11 is 0. The molecular weight excluding hydrogens is 369 g/mol. The first-order valence-electron chi connectivity index (χ1n) is 7.86. The molecule has 0 saturated carbocycles. The second-order valence-electron chi connectivity index (χ2n) is 6.22. The van der Waals surface area contributed by atoms with Crippen LogP contribution < -0.4 is 0 Å². The van der Waals surface area contributed by atoms with Gasteiger partial charge in [-0.15, -0.1) is 5.10 Å². The number of nitrogens with one attached hydrogen (secondary N) is 1. The number of hydrogen-bond acceptors (Lipinski definition) is 3. The van der Waals surface area contributed by atoms with Gasteiger partial charge in [-0.3, -0.25) is 5.10 Å². The lowest BCUT2D eigenvalue weighted by Crippen LogP contribution is -2.12. The molecule has 0 aliphatic heterocycles. The fourth-order valence-electron chi connectivity index (χ4n) is 3.16. The van der Waals surface area contributed by atoms with Crippen molar-refractivity contribution < 1.29 is 22.0 Å². The average Bonchev–Trinajstić information content (AvgIpc) is 3.20. The van der Waals surface area contributed by atoms with E-state index in [2.05, 4.69) is 20.3 Å². The Morgan fingerprint density at radius 3 is 2.48 bits per heavy atom. The molecule has 0 fully saturated rings. The average molecular weight is 381 g/mol. The molecule has 4 aromatic rings. The van der Waals surface area contributed by atoms with Crippen molar-refractivity contribution in [2.75, 3.05) is 0 Å². The van der Waals surface area contributed by atoms with Crippen molar-refractivity contribution in [3.63, 3.8) is 0 Å². The van der Waals surface area contributed by atoms with Gasteiger partial charge in [0.15, 0.2) is 5.65 Å². The highest BCUT2D eigenvalue weighted by molar-refractivity contribution is 5.87. The van der Waals surface area contributed by atoms with Gasteiger partial charge in [0, 0.05) is 10.9 Å². The molecule has 0 unspecified atom stereocenters. The molecule has 140 valence electrons. The van der Waals surface area contributed by atoms with Crippen LogP contribution in [0.1, 0.15) is 28.9 Å². The number of benzene rings is 1. The van der Waals surface area contributed by atoms with Gasteiger partial charge in [-0.1, -0.05) is 0 Å². The summed E-state index contributed by atoms with van der Waals surface area (Å²) in [6.45, 7) is 3.09. The van der Waals surface area contributed by atoms with Gasteiger partial charge in [-0.05, 0) is 43.2 Å². The minimum absolute atomic E-state index is 0.0433. The lowest BCUT2D eigenvalue weighted by atomic mass is 10.00. The highest BCUT2D eigenvalue weighted by atomic mass is 19.4. The summed E-state index contributed by atoms with van der Waals surface area (Å²) in [6, 6.07) is 3.95. The van der Waals surface area contributed by atoms with Crippen LogP contribution in [0.3, 0.4) is 0 Å². The van der Waals surface area contributed by atoms with E-state index in [0.717, 1.165) is 10.6 Å². The van der Waals surface area contributed by atoms with Crippen LogP contribution in [0.5, 0.6) is 0 Å². The Hall–Kier alpha value is -3.04. The minimum Gasteiger partial charge on any atom is -0.278 e. The predicted octanol–water partition coefficient (Wildman–Crippen LogP) is 4.85. The molecule has 0 amide bonds. The molecule has 0 atom stereocenters. The van der Waals surface area contributed by atoms with Gasteiger partial charge in [-0.25, -0.2) is 18.3 Å². The van der Waals surface area contributed by atoms with E-state index < -0.39 is 24.0 Å². The largest absolute Gasteiger partial charge is 0.418 e. The first-order valence-corrected chi connectivity index (χ1v) is 7.86. The molecule has 4 rings (SSSR count). The summed E-state index contributed by atoms with van der Waals surface area (Å²) in [5.74, 6) is -0.820. The SMILES string of the molecule is Cc1cc(-c2c(C(F)(F)F)cc(C)c3nc(C(F)F)nn23)cc2cn[nH]c12. The molecular formula is C17H12F5N5. The topological polar surface area (TPSA) is 58.9 Å². The molecule has 10 heteroatoms. The van der Waals surface area contributed by atoms with E-state index in [1.165, 1.54) is 25.3 Å². The molecule has 0 radical (unpaired) electrons. The van der Waals surface area contributed by atoms with E-state index in [1.54, 1.807) is 6.92 Å². The number of rotatable bonds is 2. The molecule has 1 aromatic carbocycles. The summed E-state index contributed by atoms with van der Waals surface area (Å²) < 4.78 is 68.2. The Balaban J connectivity index is 2.14. The Labute approximate surface area is 148 Å². The number of aromatic nitrogens is 5. The molecule has 0 bridgehead atoms. The number of aromatic amines is 1. The number of pyridine rings is 1. The van der Waals surface area contributed by atoms with Gasteiger partial charge < -0.3 is 0 Å². The zero-order chi connectivity index (χ0) is 19.5. The van der Waals surface area contributed by atoms with E-state index in [1.807, 2.05) is 0 Å². The van der Waals surface area contributed by atoms with Crippen LogP contribution in [0, 0.1) is 13.8 Å². The lowest BCUT2D eigenvalue weighted by Gasteiger charge is -2.16. The summed E-state index contributed by atoms with van der Waals surface area (Å²) in [5.41, 5.74) is 0.280. The number of nitrogens with zero attached hydrogens (tertiary/aromatic N) is 4. The van der Waals surface area contributed by atoms with Crippen LogP contribution in [-0.4, -0.2) is 24.8 Å². The highest BCUT2D eigenvalue weighted by Gasteiger charge is 2.36. The van der Waals surface area contributed by atoms with Crippen molar-refractivity contribution in [3.8, 4) is 11.3 Å². The smallest absolute Gasteiger partial charge is 0.278 e. The number of hydrogen-bond donors (Lipinski definition) is 1. The lowest BCUT2D eigenvalue weighted by molar-refractivity contribution is -0.137. The first kappa shape index (κ1) is 17.4. The molecule has 1 N–H and O–H groups in total. The van der Waals surface area contributed by atoms with Crippen LogP contribution in [0.2, 0.25) is 0 Å². The Morgan fingerprint density at radius 2 is 1.81 bits per heavy atom. The van der Waals surface area contributed by atoms with Gasteiger partial charge in [0.1, 0.15) is 0 Å². The second kappa shape index (κ2) is 5.73. The monoisotopic (exact) mass is 381 g/mol. The van der Waals surface area contributed by atoms with E-state index in [9.17, 15) is 22.0 Å². The minimum atomic E-state index is -4.70. The predicted molar refractivity (Wildman–Crippen MR) is 87.5 cm³/mol. The number of alkyl halides is 5. The quantitative estimate of drug-likeness (QED) is 0.505. The van der Waals surface area contributed by atoms with Gasteiger partial charge in [0.05, 0.1) is 23.0 Å². The maximum atomic E-state index is 13.7. The fourth-order valence-corrected chi connectivity index (χ4v) is 3.16. The van der Waals surface area contributed by atoms with E-state index >= 15 is 0 Å². The van der Waals surface area contributed by atoms with Gasteiger partial charge >= 0.3 is 6.18 Å². The summed E-state index contributed by atoms with van der Waals surface area (Å²) in [4.78, 5) is 3.71. The molecule has 0 aliphatic carbocycles. The standard InChI is InChI=1S/C17H12F5N5/c1-7-3-9(5-10-6-23-25-12(7)10)13-11(17(20,21)22)4-8(2)16-24-15(14(18)19)26-27(13)16/h3-6,14H,1-2H3,(H,23,25). The molecule has 27 heavy (non-hydrogen) atoms. The van der Waals surface area contributed by atoms with Crippen molar-refractivity contribution >= 4 is 16.6 Å². The van der Waals surface area contributed by atoms with Crippen LogP contribution >= 0.6 is 0 Å². The Kier molecular flexibility index (Phi) is 3.69. The number of H-pyrrole nitrogens is 1. The van der Waals surface area contributed by atoms with Crippen molar-refractivity contribution in [2.45, 2.75) is 26.4 Å². The van der Waals surface area contributed by atoms with Crippen LogP contribution in [0.25, 0.3) is 27.8 Å². The van der Waals surface area contributed by atoms with Crippen LogP contribution in [0.15, 0.2) is 24.4 Å². The number of halogens is 5. The first-order chi connectivity index (χ1) is 12.7. The van der Waals surface area contributed by atoms with Crippen molar-refractivity contribution in [1.29, 1.82) is 0 Å². The number of aryl methyl sites for hydroxylation is 2. The molecule has 0 saturated heterocycles. The maximum absolute atomic E-state index is 13.7. The molecule has 0 aliphatic rings. The van der Waals surface area contributed by atoms with Gasteiger partial charge in [0.25, 0.3) is 6.43 Å². The molecule has 3 heterocycles. The van der Waals surface area contributed by atoms with Gasteiger partial charge in [0.2, 0.25) is 5.82 Å². The maximum Gasteiger partial charge on any atom is 0.418 e. The summed E-state index contributed by atoms with van der Waals surface area (Å²) in [7, 11) is 0. The van der Waals surface area contributed by atoms with Gasteiger partial charge in [-0.2, -0.15) is 18.3 Å². The van der Waals surface area contributed by atoms with E-state index in [0.29, 0.717) is 16.5 Å². The van der Waals surface area contributed by atoms with Crippen molar-refractivity contribution in [1.82, 2.24) is 24.8 Å². The zero-order valence-corrected chi connectivity index (χ0v) is 14.1. The molecule has 0 spiro atoms. The summed E-state index contributed by atoms with van der Waals surface area (Å²) in [5, 5.41) is 10.9.